The van der Waals surface area contributed by atoms with Gasteiger partial charge >= 0.3 is 6.01 Å². The van der Waals surface area contributed by atoms with Crippen LogP contribution in [-0.4, -0.2) is 33.5 Å². The zero-order valence-corrected chi connectivity index (χ0v) is 14.6. The molecule has 27 heavy (non-hydrogen) atoms. The lowest BCUT2D eigenvalue weighted by Crippen LogP contribution is -2.33. The molecule has 0 atom stereocenters. The van der Waals surface area contributed by atoms with Crippen molar-refractivity contribution >= 4 is 17.8 Å². The molecular weight excluding hydrogens is 348 g/mol. The first-order valence-corrected chi connectivity index (χ1v) is 8.26. The first kappa shape index (κ1) is 18.1. The number of nitrogens with zero attached hydrogens (tertiary/aromatic N) is 3. The van der Waals surface area contributed by atoms with Crippen LogP contribution in [0.5, 0.6) is 0 Å². The molecule has 1 aromatic carbocycles. The predicted molar refractivity (Wildman–Crippen MR) is 97.4 cm³/mol. The Morgan fingerprint density at radius 3 is 2.67 bits per heavy atom. The van der Waals surface area contributed by atoms with E-state index in [-0.39, 0.29) is 30.8 Å². The summed E-state index contributed by atoms with van der Waals surface area (Å²) in [5.41, 5.74) is 7.19. The van der Waals surface area contributed by atoms with E-state index in [0.717, 1.165) is 11.1 Å². The monoisotopic (exact) mass is 366 g/mol. The third kappa shape index (κ3) is 4.88. The van der Waals surface area contributed by atoms with Crippen molar-refractivity contribution in [1.82, 2.24) is 25.9 Å². The van der Waals surface area contributed by atoms with E-state index in [9.17, 15) is 9.59 Å². The first-order chi connectivity index (χ1) is 13.1. The molecule has 2 heterocycles. The van der Waals surface area contributed by atoms with Crippen LogP contribution in [0.25, 0.3) is 11.4 Å². The van der Waals surface area contributed by atoms with Crippen molar-refractivity contribution in [3.8, 4) is 11.4 Å². The van der Waals surface area contributed by atoms with E-state index >= 15 is 0 Å². The highest BCUT2D eigenvalue weighted by atomic mass is 16.5. The number of hydrogen-bond donors (Lipinski definition) is 3. The van der Waals surface area contributed by atoms with Crippen molar-refractivity contribution in [3.05, 3.63) is 59.9 Å². The zero-order valence-electron chi connectivity index (χ0n) is 14.6. The van der Waals surface area contributed by atoms with Gasteiger partial charge in [0.2, 0.25) is 11.7 Å². The van der Waals surface area contributed by atoms with Crippen molar-refractivity contribution in [3.63, 3.8) is 0 Å². The summed E-state index contributed by atoms with van der Waals surface area (Å²) in [5, 5.41) is 6.52. The van der Waals surface area contributed by atoms with Crippen molar-refractivity contribution < 1.29 is 14.1 Å². The number of benzene rings is 1. The van der Waals surface area contributed by atoms with E-state index in [2.05, 4.69) is 31.3 Å². The standard InChI is InChI=1S/C18H18N6O3/c1-12-4-2-3-5-14(12)17(26)20-11-8-15(25)22-23-18-21-16(24-27-18)13-6-9-19-10-7-13/h2-7,9-10H,8,11H2,1H3,(H,20,26)(H,22,25)(H,21,23,24). The van der Waals surface area contributed by atoms with Crippen molar-refractivity contribution in [2.45, 2.75) is 13.3 Å². The smallest absolute Gasteiger partial charge is 0.340 e. The molecule has 2 aromatic heterocycles. The number of rotatable bonds is 7. The molecule has 3 N–H and O–H groups in total. The highest BCUT2D eigenvalue weighted by Crippen LogP contribution is 2.15. The molecule has 9 heteroatoms. The van der Waals surface area contributed by atoms with Crippen LogP contribution in [-0.2, 0) is 4.79 Å². The van der Waals surface area contributed by atoms with Gasteiger partial charge in [0.1, 0.15) is 0 Å². The lowest BCUT2D eigenvalue weighted by atomic mass is 10.1. The van der Waals surface area contributed by atoms with Gasteiger partial charge in [0.15, 0.2) is 0 Å². The average molecular weight is 366 g/mol. The van der Waals surface area contributed by atoms with Crippen LogP contribution in [0.15, 0.2) is 53.3 Å². The Morgan fingerprint density at radius 1 is 1.11 bits per heavy atom. The molecule has 2 amide bonds. The maximum absolute atomic E-state index is 12.1. The van der Waals surface area contributed by atoms with Crippen molar-refractivity contribution in [1.29, 1.82) is 0 Å². The molecule has 9 nitrogen and oxygen atoms in total. The number of amides is 2. The van der Waals surface area contributed by atoms with Crippen LogP contribution in [0.3, 0.4) is 0 Å². The fourth-order valence-electron chi connectivity index (χ4n) is 2.29. The minimum absolute atomic E-state index is 0.0547. The summed E-state index contributed by atoms with van der Waals surface area (Å²) in [6.07, 6.45) is 3.33. The second-order valence-electron chi connectivity index (χ2n) is 5.65. The molecule has 0 aliphatic heterocycles. The molecule has 3 rings (SSSR count). The molecule has 0 radical (unpaired) electrons. The van der Waals surface area contributed by atoms with Crippen LogP contribution in [0.1, 0.15) is 22.3 Å². The molecule has 0 aliphatic rings. The van der Waals surface area contributed by atoms with Crippen LogP contribution >= 0.6 is 0 Å². The molecule has 0 bridgehead atoms. The van der Waals surface area contributed by atoms with E-state index < -0.39 is 0 Å². The molecule has 138 valence electrons. The number of carbonyl (C=O) groups is 2. The van der Waals surface area contributed by atoms with Crippen molar-refractivity contribution in [2.24, 2.45) is 0 Å². The fraction of sp³-hybridized carbons (Fsp3) is 0.167. The molecule has 0 unspecified atom stereocenters. The molecule has 3 aromatic rings. The van der Waals surface area contributed by atoms with Gasteiger partial charge in [-0.2, -0.15) is 4.98 Å². The minimum Gasteiger partial charge on any atom is -0.352 e. The van der Waals surface area contributed by atoms with Gasteiger partial charge in [-0.25, -0.2) is 5.43 Å². The third-order valence-electron chi connectivity index (χ3n) is 3.70. The summed E-state index contributed by atoms with van der Waals surface area (Å²) in [6, 6.07) is 10.8. The van der Waals surface area contributed by atoms with Gasteiger partial charge < -0.3 is 9.84 Å². The Bertz CT molecular complexity index is 926. The largest absolute Gasteiger partial charge is 0.352 e. The Hall–Kier alpha value is -3.75. The number of aromatic nitrogens is 3. The second-order valence-corrected chi connectivity index (χ2v) is 5.65. The number of hydrazine groups is 1. The Morgan fingerprint density at radius 2 is 1.89 bits per heavy atom. The van der Waals surface area contributed by atoms with Gasteiger partial charge in [-0.1, -0.05) is 23.4 Å². The number of aryl methyl sites for hydroxylation is 1. The summed E-state index contributed by atoms with van der Waals surface area (Å²) < 4.78 is 5.01. The lowest BCUT2D eigenvalue weighted by Gasteiger charge is -2.08. The first-order valence-electron chi connectivity index (χ1n) is 8.26. The molecule has 0 fully saturated rings. The second kappa shape index (κ2) is 8.56. The van der Waals surface area contributed by atoms with Gasteiger partial charge in [-0.05, 0) is 30.7 Å². The average Bonchev–Trinajstić information content (AvgIpc) is 3.16. The van der Waals surface area contributed by atoms with Crippen LogP contribution in [0, 0.1) is 6.92 Å². The molecule has 0 saturated heterocycles. The predicted octanol–water partition coefficient (Wildman–Crippen LogP) is 1.70. The maximum atomic E-state index is 12.1. The topological polar surface area (TPSA) is 122 Å². The Kier molecular flexibility index (Phi) is 5.73. The summed E-state index contributed by atoms with van der Waals surface area (Å²) in [7, 11) is 0. The fourth-order valence-corrected chi connectivity index (χ4v) is 2.29. The summed E-state index contributed by atoms with van der Waals surface area (Å²) in [5.74, 6) is -0.170. The van der Waals surface area contributed by atoms with E-state index in [1.54, 1.807) is 36.7 Å². The van der Waals surface area contributed by atoms with Gasteiger partial charge in [0, 0.05) is 36.5 Å². The van der Waals surface area contributed by atoms with Gasteiger partial charge in [0.25, 0.3) is 5.91 Å². The highest BCUT2D eigenvalue weighted by Gasteiger charge is 2.11. The summed E-state index contributed by atoms with van der Waals surface area (Å²) in [6.45, 7) is 2.06. The minimum atomic E-state index is -0.330. The molecule has 0 aliphatic carbocycles. The van der Waals surface area contributed by atoms with Crippen LogP contribution < -0.4 is 16.2 Å². The van der Waals surface area contributed by atoms with E-state index in [1.165, 1.54) is 0 Å². The lowest BCUT2D eigenvalue weighted by molar-refractivity contribution is -0.120. The van der Waals surface area contributed by atoms with Crippen LogP contribution in [0.2, 0.25) is 0 Å². The van der Waals surface area contributed by atoms with E-state index in [1.807, 2.05) is 19.1 Å². The van der Waals surface area contributed by atoms with Gasteiger partial charge in [-0.15, -0.1) is 0 Å². The maximum Gasteiger partial charge on any atom is 0.340 e. The summed E-state index contributed by atoms with van der Waals surface area (Å²) in [4.78, 5) is 31.9. The number of pyridine rings is 1. The Labute approximate surface area is 155 Å². The highest BCUT2D eigenvalue weighted by molar-refractivity contribution is 5.95. The number of hydrogen-bond acceptors (Lipinski definition) is 7. The van der Waals surface area contributed by atoms with Gasteiger partial charge in [-0.3, -0.25) is 20.0 Å². The SMILES string of the molecule is Cc1ccccc1C(=O)NCCC(=O)NNc1nc(-c2ccncc2)no1. The third-order valence-corrected chi connectivity index (χ3v) is 3.70. The Balaban J connectivity index is 1.42. The number of anilines is 1. The van der Waals surface area contributed by atoms with E-state index in [4.69, 9.17) is 4.52 Å². The molecular formula is C18H18N6O3. The molecule has 0 spiro atoms. The van der Waals surface area contributed by atoms with Gasteiger partial charge in [0.05, 0.1) is 0 Å². The van der Waals surface area contributed by atoms with E-state index in [0.29, 0.717) is 11.4 Å². The molecule has 0 saturated carbocycles. The number of carbonyl (C=O) groups excluding carboxylic acids is 2. The van der Waals surface area contributed by atoms with Crippen LogP contribution in [0.4, 0.5) is 6.01 Å². The van der Waals surface area contributed by atoms with Crippen molar-refractivity contribution in [2.75, 3.05) is 12.0 Å². The summed E-state index contributed by atoms with van der Waals surface area (Å²) >= 11 is 0. The zero-order chi connectivity index (χ0) is 19.1. The number of nitrogens with one attached hydrogen (secondary N) is 3. The quantitative estimate of drug-likeness (QED) is 0.544. The normalized spacial score (nSPS) is 10.3.